The highest BCUT2D eigenvalue weighted by Crippen LogP contribution is 2.32. The van der Waals surface area contributed by atoms with Crippen LogP contribution < -0.4 is 9.47 Å². The zero-order valence-corrected chi connectivity index (χ0v) is 19.7. The Morgan fingerprint density at radius 3 is 1.67 bits per heavy atom. The molecule has 0 spiro atoms. The smallest absolute Gasteiger partial charge is 0.169 e. The van der Waals surface area contributed by atoms with E-state index in [-0.39, 0.29) is 17.3 Å². The third-order valence-corrected chi connectivity index (χ3v) is 5.92. The fourth-order valence-corrected chi connectivity index (χ4v) is 4.01. The van der Waals surface area contributed by atoms with Crippen LogP contribution in [0.4, 0.5) is 4.39 Å². The number of Topliss-reactive ketones (excluding diaryl/α,β-unsaturated/α-hetero) is 1. The first-order valence-electron chi connectivity index (χ1n) is 12.0. The SMILES string of the molecule is CCCCCCCCCC(CCCCCCC)C(=O)c1cc(OC)c(OC)cc1F. The molecule has 0 saturated heterocycles. The maximum Gasteiger partial charge on any atom is 0.169 e. The Balaban J connectivity index is 2.75. The molecule has 0 heterocycles. The molecule has 0 saturated carbocycles. The van der Waals surface area contributed by atoms with E-state index in [4.69, 9.17) is 9.47 Å². The molecule has 4 heteroatoms. The Kier molecular flexibility index (Phi) is 14.2. The van der Waals surface area contributed by atoms with Crippen molar-refractivity contribution < 1.29 is 18.7 Å². The number of ketones is 1. The highest BCUT2D eigenvalue weighted by atomic mass is 19.1. The van der Waals surface area contributed by atoms with Crippen LogP contribution in [-0.2, 0) is 0 Å². The minimum atomic E-state index is -0.520. The second-order valence-electron chi connectivity index (χ2n) is 8.36. The van der Waals surface area contributed by atoms with Crippen LogP contribution in [0, 0.1) is 11.7 Å². The monoisotopic (exact) mass is 422 g/mol. The molecule has 0 aliphatic heterocycles. The summed E-state index contributed by atoms with van der Waals surface area (Å²) in [5.41, 5.74) is 0.133. The summed E-state index contributed by atoms with van der Waals surface area (Å²) in [7, 11) is 2.98. The van der Waals surface area contributed by atoms with Crippen LogP contribution in [0.25, 0.3) is 0 Å². The summed E-state index contributed by atoms with van der Waals surface area (Å²) in [4.78, 5) is 13.2. The van der Waals surface area contributed by atoms with Crippen molar-refractivity contribution in [2.75, 3.05) is 14.2 Å². The fourth-order valence-electron chi connectivity index (χ4n) is 4.01. The molecule has 30 heavy (non-hydrogen) atoms. The second-order valence-corrected chi connectivity index (χ2v) is 8.36. The Morgan fingerprint density at radius 1 is 0.767 bits per heavy atom. The Labute approximate surface area is 183 Å². The molecule has 3 nitrogen and oxygen atoms in total. The van der Waals surface area contributed by atoms with Gasteiger partial charge in [-0.25, -0.2) is 4.39 Å². The van der Waals surface area contributed by atoms with Crippen LogP contribution in [0.1, 0.15) is 114 Å². The molecule has 0 bridgehead atoms. The average molecular weight is 423 g/mol. The van der Waals surface area contributed by atoms with E-state index < -0.39 is 5.82 Å². The lowest BCUT2D eigenvalue weighted by molar-refractivity contribution is 0.0897. The molecule has 1 rings (SSSR count). The molecule has 0 amide bonds. The van der Waals surface area contributed by atoms with Gasteiger partial charge in [0.1, 0.15) is 5.82 Å². The summed E-state index contributed by atoms with van der Waals surface area (Å²) < 4.78 is 25.1. The van der Waals surface area contributed by atoms with Crippen LogP contribution >= 0.6 is 0 Å². The summed E-state index contributed by atoms with van der Waals surface area (Å²) in [6.07, 6.45) is 16.0. The Hall–Kier alpha value is -1.58. The van der Waals surface area contributed by atoms with Crippen molar-refractivity contribution in [3.05, 3.63) is 23.5 Å². The predicted octanol–water partition coefficient (Wildman–Crippen LogP) is 8.14. The number of hydrogen-bond donors (Lipinski definition) is 0. The van der Waals surface area contributed by atoms with Gasteiger partial charge in [0.25, 0.3) is 0 Å². The van der Waals surface area contributed by atoms with Gasteiger partial charge < -0.3 is 9.47 Å². The third kappa shape index (κ3) is 9.49. The number of unbranched alkanes of at least 4 members (excludes halogenated alkanes) is 10. The van der Waals surface area contributed by atoms with E-state index in [1.807, 2.05) is 0 Å². The summed E-state index contributed by atoms with van der Waals surface area (Å²) in [5.74, 6) is -0.00684. The number of rotatable bonds is 18. The van der Waals surface area contributed by atoms with Crippen molar-refractivity contribution in [2.24, 2.45) is 5.92 Å². The number of halogens is 1. The zero-order valence-electron chi connectivity index (χ0n) is 19.7. The molecule has 0 aromatic heterocycles. The van der Waals surface area contributed by atoms with Crippen LogP contribution in [0.2, 0.25) is 0 Å². The topological polar surface area (TPSA) is 35.5 Å². The number of ether oxygens (including phenoxy) is 2. The summed E-state index contributed by atoms with van der Waals surface area (Å²) in [6, 6.07) is 2.77. The van der Waals surface area contributed by atoms with Crippen LogP contribution in [0.15, 0.2) is 12.1 Å². The lowest BCUT2D eigenvalue weighted by Gasteiger charge is -2.18. The number of benzene rings is 1. The van der Waals surface area contributed by atoms with Gasteiger partial charge in [0.2, 0.25) is 0 Å². The van der Waals surface area contributed by atoms with E-state index >= 15 is 0 Å². The first-order valence-corrected chi connectivity index (χ1v) is 12.0. The van der Waals surface area contributed by atoms with E-state index in [1.165, 1.54) is 77.7 Å². The van der Waals surface area contributed by atoms with Gasteiger partial charge in [0, 0.05) is 12.0 Å². The predicted molar refractivity (Wildman–Crippen MR) is 123 cm³/mol. The van der Waals surface area contributed by atoms with E-state index in [1.54, 1.807) is 0 Å². The maximum atomic E-state index is 14.7. The van der Waals surface area contributed by atoms with Crippen molar-refractivity contribution in [1.82, 2.24) is 0 Å². The summed E-state index contributed by atoms with van der Waals surface area (Å²) in [5, 5.41) is 0. The maximum absolute atomic E-state index is 14.7. The molecule has 1 aromatic carbocycles. The molecule has 0 aliphatic rings. The van der Waals surface area contributed by atoms with Gasteiger partial charge in [-0.05, 0) is 18.9 Å². The molecule has 0 N–H and O–H groups in total. The minimum Gasteiger partial charge on any atom is -0.493 e. The van der Waals surface area contributed by atoms with Crippen molar-refractivity contribution in [3.8, 4) is 11.5 Å². The molecule has 172 valence electrons. The largest absolute Gasteiger partial charge is 0.493 e. The highest BCUT2D eigenvalue weighted by molar-refractivity contribution is 5.98. The fraction of sp³-hybridized carbons (Fsp3) is 0.731. The normalized spacial score (nSPS) is 12.0. The summed E-state index contributed by atoms with van der Waals surface area (Å²) in [6.45, 7) is 4.43. The summed E-state index contributed by atoms with van der Waals surface area (Å²) >= 11 is 0. The van der Waals surface area contributed by atoms with E-state index in [0.717, 1.165) is 38.5 Å². The molecule has 1 unspecified atom stereocenters. The van der Waals surface area contributed by atoms with Gasteiger partial charge in [-0.3, -0.25) is 4.79 Å². The number of carbonyl (C=O) groups is 1. The molecular weight excluding hydrogens is 379 g/mol. The van der Waals surface area contributed by atoms with Crippen molar-refractivity contribution in [3.63, 3.8) is 0 Å². The molecule has 0 fully saturated rings. The van der Waals surface area contributed by atoms with Gasteiger partial charge in [-0.2, -0.15) is 0 Å². The Morgan fingerprint density at radius 2 is 1.20 bits per heavy atom. The number of methoxy groups -OCH3 is 2. The first-order chi connectivity index (χ1) is 14.6. The van der Waals surface area contributed by atoms with E-state index in [0.29, 0.717) is 11.5 Å². The second kappa shape index (κ2) is 16.2. The van der Waals surface area contributed by atoms with Crippen LogP contribution in [-0.4, -0.2) is 20.0 Å². The van der Waals surface area contributed by atoms with Crippen molar-refractivity contribution in [2.45, 2.75) is 104 Å². The molecule has 1 aromatic rings. The molecular formula is C26H43FO3. The van der Waals surface area contributed by atoms with Crippen molar-refractivity contribution >= 4 is 5.78 Å². The number of hydrogen-bond acceptors (Lipinski definition) is 3. The van der Waals surface area contributed by atoms with Gasteiger partial charge in [0.15, 0.2) is 17.3 Å². The molecule has 0 aliphatic carbocycles. The first kappa shape index (κ1) is 26.5. The number of carbonyl (C=O) groups excluding carboxylic acids is 1. The highest BCUT2D eigenvalue weighted by Gasteiger charge is 2.24. The Bertz CT molecular complexity index is 600. The van der Waals surface area contributed by atoms with Gasteiger partial charge in [0.05, 0.1) is 19.8 Å². The van der Waals surface area contributed by atoms with Gasteiger partial charge in [-0.15, -0.1) is 0 Å². The van der Waals surface area contributed by atoms with E-state index in [2.05, 4.69) is 13.8 Å². The zero-order chi connectivity index (χ0) is 22.2. The molecule has 0 radical (unpaired) electrons. The van der Waals surface area contributed by atoms with Gasteiger partial charge >= 0.3 is 0 Å². The standard InChI is InChI=1S/C26H43FO3/c1-5-7-9-11-12-14-16-18-21(17-15-13-10-8-6-2)26(28)22-19-24(29-3)25(30-4)20-23(22)27/h19-21H,5-18H2,1-4H3. The van der Waals surface area contributed by atoms with Gasteiger partial charge in [-0.1, -0.05) is 90.9 Å². The minimum absolute atomic E-state index is 0.0880. The van der Waals surface area contributed by atoms with Crippen LogP contribution in [0.5, 0.6) is 11.5 Å². The lowest BCUT2D eigenvalue weighted by Crippen LogP contribution is -2.17. The van der Waals surface area contributed by atoms with Crippen LogP contribution in [0.3, 0.4) is 0 Å². The van der Waals surface area contributed by atoms with E-state index in [9.17, 15) is 9.18 Å². The molecule has 1 atom stereocenters. The quantitative estimate of drug-likeness (QED) is 0.177. The lowest BCUT2D eigenvalue weighted by atomic mass is 9.87. The van der Waals surface area contributed by atoms with Crippen molar-refractivity contribution in [1.29, 1.82) is 0 Å². The third-order valence-electron chi connectivity index (χ3n) is 5.92. The average Bonchev–Trinajstić information content (AvgIpc) is 2.76.